The first-order chi connectivity index (χ1) is 9.02. The SMILES string of the molecule is COc1cc(Cl)ccc1C(=O)c1ccc(N)c(F)c1. The molecule has 0 aliphatic heterocycles. The molecular weight excluding hydrogens is 269 g/mol. The third-order valence-electron chi connectivity index (χ3n) is 2.67. The van der Waals surface area contributed by atoms with E-state index in [4.69, 9.17) is 22.1 Å². The van der Waals surface area contributed by atoms with E-state index in [1.807, 2.05) is 0 Å². The lowest BCUT2D eigenvalue weighted by atomic mass is 10.0. The van der Waals surface area contributed by atoms with E-state index >= 15 is 0 Å². The standard InChI is InChI=1S/C14H11ClFNO2/c1-19-13-7-9(15)3-4-10(13)14(18)8-2-5-12(17)11(16)6-8/h2-7H,17H2,1H3. The summed E-state index contributed by atoms with van der Waals surface area (Å²) in [5.74, 6) is -0.638. The van der Waals surface area contributed by atoms with E-state index in [1.165, 1.54) is 31.4 Å². The predicted molar refractivity (Wildman–Crippen MR) is 72.2 cm³/mol. The summed E-state index contributed by atoms with van der Waals surface area (Å²) in [5, 5.41) is 0.455. The van der Waals surface area contributed by atoms with E-state index in [2.05, 4.69) is 0 Å². The highest BCUT2D eigenvalue weighted by Gasteiger charge is 2.16. The fraction of sp³-hybridized carbons (Fsp3) is 0.0714. The second kappa shape index (κ2) is 5.28. The van der Waals surface area contributed by atoms with Crippen molar-refractivity contribution in [3.63, 3.8) is 0 Å². The first-order valence-electron chi connectivity index (χ1n) is 5.46. The van der Waals surface area contributed by atoms with Crippen molar-refractivity contribution < 1.29 is 13.9 Å². The zero-order chi connectivity index (χ0) is 14.0. The van der Waals surface area contributed by atoms with Crippen LogP contribution in [0.3, 0.4) is 0 Å². The van der Waals surface area contributed by atoms with Gasteiger partial charge in [0.1, 0.15) is 11.6 Å². The topological polar surface area (TPSA) is 52.3 Å². The van der Waals surface area contributed by atoms with Crippen molar-refractivity contribution in [1.82, 2.24) is 0 Å². The van der Waals surface area contributed by atoms with E-state index in [9.17, 15) is 9.18 Å². The van der Waals surface area contributed by atoms with Crippen LogP contribution in [0.4, 0.5) is 10.1 Å². The molecule has 98 valence electrons. The number of hydrogen-bond acceptors (Lipinski definition) is 3. The molecule has 0 unspecified atom stereocenters. The lowest BCUT2D eigenvalue weighted by Gasteiger charge is -2.08. The third-order valence-corrected chi connectivity index (χ3v) is 2.91. The molecule has 0 amide bonds. The first-order valence-corrected chi connectivity index (χ1v) is 5.84. The van der Waals surface area contributed by atoms with Crippen LogP contribution in [0, 0.1) is 5.82 Å². The molecule has 0 saturated carbocycles. The van der Waals surface area contributed by atoms with E-state index < -0.39 is 5.82 Å². The number of benzene rings is 2. The number of carbonyl (C=O) groups is 1. The van der Waals surface area contributed by atoms with Crippen molar-refractivity contribution in [2.24, 2.45) is 0 Å². The summed E-state index contributed by atoms with van der Waals surface area (Å²) in [6, 6.07) is 8.57. The number of rotatable bonds is 3. The molecule has 0 radical (unpaired) electrons. The molecule has 0 heterocycles. The van der Waals surface area contributed by atoms with Crippen LogP contribution in [-0.2, 0) is 0 Å². The molecule has 0 bridgehead atoms. The largest absolute Gasteiger partial charge is 0.496 e. The molecule has 19 heavy (non-hydrogen) atoms. The number of ether oxygens (including phenoxy) is 1. The highest BCUT2D eigenvalue weighted by Crippen LogP contribution is 2.26. The lowest BCUT2D eigenvalue weighted by molar-refractivity contribution is 0.103. The van der Waals surface area contributed by atoms with Crippen LogP contribution >= 0.6 is 11.6 Å². The Labute approximate surface area is 114 Å². The minimum Gasteiger partial charge on any atom is -0.496 e. The van der Waals surface area contributed by atoms with Crippen molar-refractivity contribution in [3.8, 4) is 5.75 Å². The zero-order valence-corrected chi connectivity index (χ0v) is 10.9. The number of hydrogen-bond donors (Lipinski definition) is 1. The number of nitrogen functional groups attached to an aromatic ring is 1. The summed E-state index contributed by atoms with van der Waals surface area (Å²) >= 11 is 5.82. The van der Waals surface area contributed by atoms with Crippen LogP contribution in [0.1, 0.15) is 15.9 Å². The Hall–Kier alpha value is -2.07. The molecule has 2 aromatic rings. The van der Waals surface area contributed by atoms with Crippen molar-refractivity contribution in [2.75, 3.05) is 12.8 Å². The van der Waals surface area contributed by atoms with Crippen molar-refractivity contribution in [2.45, 2.75) is 0 Å². The Kier molecular flexibility index (Phi) is 3.71. The second-order valence-electron chi connectivity index (χ2n) is 3.91. The molecule has 5 heteroatoms. The number of ketones is 1. The summed E-state index contributed by atoms with van der Waals surface area (Å²) in [5.41, 5.74) is 5.89. The summed E-state index contributed by atoms with van der Waals surface area (Å²) in [6.45, 7) is 0. The van der Waals surface area contributed by atoms with Gasteiger partial charge in [0.05, 0.1) is 18.4 Å². The number of methoxy groups -OCH3 is 1. The van der Waals surface area contributed by atoms with Crippen LogP contribution in [0.2, 0.25) is 5.02 Å². The average Bonchev–Trinajstić information content (AvgIpc) is 2.41. The molecule has 0 saturated heterocycles. The van der Waals surface area contributed by atoms with Gasteiger partial charge < -0.3 is 10.5 Å². The van der Waals surface area contributed by atoms with E-state index in [0.717, 1.165) is 6.07 Å². The molecule has 0 atom stereocenters. The molecule has 2 aromatic carbocycles. The average molecular weight is 280 g/mol. The second-order valence-corrected chi connectivity index (χ2v) is 4.35. The highest BCUT2D eigenvalue weighted by atomic mass is 35.5. The molecular formula is C14H11ClFNO2. The Morgan fingerprint density at radius 2 is 2.00 bits per heavy atom. The highest BCUT2D eigenvalue weighted by molar-refractivity contribution is 6.31. The number of carbonyl (C=O) groups excluding carboxylic acids is 1. The minimum atomic E-state index is -0.626. The van der Waals surface area contributed by atoms with Crippen LogP contribution in [0.25, 0.3) is 0 Å². The minimum absolute atomic E-state index is 0.000351. The Balaban J connectivity index is 2.46. The summed E-state index contributed by atoms with van der Waals surface area (Å²) in [7, 11) is 1.44. The van der Waals surface area contributed by atoms with Gasteiger partial charge in [0.25, 0.3) is 0 Å². The number of halogens is 2. The van der Waals surface area contributed by atoms with Crippen LogP contribution < -0.4 is 10.5 Å². The van der Waals surface area contributed by atoms with Gasteiger partial charge in [0.15, 0.2) is 5.78 Å². The summed E-state index contributed by atoms with van der Waals surface area (Å²) in [6.07, 6.45) is 0. The fourth-order valence-electron chi connectivity index (χ4n) is 1.68. The molecule has 0 aliphatic carbocycles. The smallest absolute Gasteiger partial charge is 0.196 e. The molecule has 0 aliphatic rings. The maximum absolute atomic E-state index is 13.4. The van der Waals surface area contributed by atoms with Crippen molar-refractivity contribution in [3.05, 3.63) is 58.4 Å². The molecule has 0 fully saturated rings. The molecule has 2 rings (SSSR count). The zero-order valence-electron chi connectivity index (χ0n) is 10.1. The van der Waals surface area contributed by atoms with Gasteiger partial charge in [-0.15, -0.1) is 0 Å². The Morgan fingerprint density at radius 3 is 2.63 bits per heavy atom. The molecule has 0 spiro atoms. The van der Waals surface area contributed by atoms with Gasteiger partial charge in [-0.25, -0.2) is 4.39 Å². The molecule has 0 aromatic heterocycles. The molecule has 3 nitrogen and oxygen atoms in total. The Morgan fingerprint density at radius 1 is 1.26 bits per heavy atom. The summed E-state index contributed by atoms with van der Waals surface area (Å²) in [4.78, 5) is 12.3. The van der Waals surface area contributed by atoms with E-state index in [0.29, 0.717) is 16.3 Å². The maximum atomic E-state index is 13.4. The third kappa shape index (κ3) is 2.69. The number of nitrogens with two attached hydrogens (primary N) is 1. The normalized spacial score (nSPS) is 10.3. The first kappa shape index (κ1) is 13.4. The van der Waals surface area contributed by atoms with E-state index in [1.54, 1.807) is 6.07 Å². The summed E-state index contributed by atoms with van der Waals surface area (Å²) < 4.78 is 18.5. The Bertz CT molecular complexity index is 643. The van der Waals surface area contributed by atoms with E-state index in [-0.39, 0.29) is 17.0 Å². The van der Waals surface area contributed by atoms with Gasteiger partial charge in [0.2, 0.25) is 0 Å². The van der Waals surface area contributed by atoms with Crippen LogP contribution in [0.5, 0.6) is 5.75 Å². The monoisotopic (exact) mass is 279 g/mol. The van der Waals surface area contributed by atoms with Gasteiger partial charge in [-0.2, -0.15) is 0 Å². The molecule has 2 N–H and O–H groups in total. The van der Waals surface area contributed by atoms with Crippen molar-refractivity contribution >= 4 is 23.1 Å². The maximum Gasteiger partial charge on any atom is 0.196 e. The van der Waals surface area contributed by atoms with Gasteiger partial charge in [0, 0.05) is 10.6 Å². The van der Waals surface area contributed by atoms with Gasteiger partial charge >= 0.3 is 0 Å². The van der Waals surface area contributed by atoms with Crippen LogP contribution in [-0.4, -0.2) is 12.9 Å². The quantitative estimate of drug-likeness (QED) is 0.693. The van der Waals surface area contributed by atoms with Crippen molar-refractivity contribution in [1.29, 1.82) is 0 Å². The van der Waals surface area contributed by atoms with Gasteiger partial charge in [-0.05, 0) is 36.4 Å². The predicted octanol–water partition coefficient (Wildman–Crippen LogP) is 3.30. The van der Waals surface area contributed by atoms with Gasteiger partial charge in [-0.1, -0.05) is 11.6 Å². The van der Waals surface area contributed by atoms with Gasteiger partial charge in [-0.3, -0.25) is 4.79 Å². The lowest BCUT2D eigenvalue weighted by Crippen LogP contribution is -2.05. The fourth-order valence-corrected chi connectivity index (χ4v) is 1.84. The number of anilines is 1. The van der Waals surface area contributed by atoms with Crippen LogP contribution in [0.15, 0.2) is 36.4 Å².